The topological polar surface area (TPSA) is 26.3 Å². The van der Waals surface area contributed by atoms with E-state index in [1.807, 2.05) is 6.08 Å². The monoisotopic (exact) mass is 168 g/mol. The molecule has 0 aromatic carbocycles. The number of esters is 1. The van der Waals surface area contributed by atoms with Crippen LogP contribution in [0.3, 0.4) is 0 Å². The number of allylic oxidation sites excluding steroid dienone is 2. The molecule has 0 N–H and O–H groups in total. The Hall–Kier alpha value is -0.790. The molecule has 0 atom stereocenters. The van der Waals surface area contributed by atoms with Crippen LogP contribution in [-0.4, -0.2) is 5.97 Å². The van der Waals surface area contributed by atoms with E-state index in [2.05, 4.69) is 13.8 Å². The lowest BCUT2D eigenvalue weighted by Crippen LogP contribution is -2.21. The molecular formula is C10H16O2. The van der Waals surface area contributed by atoms with Crippen molar-refractivity contribution in [2.75, 3.05) is 0 Å². The molecule has 1 rings (SSSR count). The number of carbonyl (C=O) groups excluding carboxylic acids is 1. The third kappa shape index (κ3) is 2.10. The Bertz CT molecular complexity index is 214. The molecule has 2 nitrogen and oxygen atoms in total. The molecule has 0 amide bonds. The molecule has 0 bridgehead atoms. The van der Waals surface area contributed by atoms with Crippen LogP contribution in [0.15, 0.2) is 11.8 Å². The van der Waals surface area contributed by atoms with E-state index in [1.54, 1.807) is 0 Å². The molecule has 0 heterocycles. The van der Waals surface area contributed by atoms with E-state index in [4.69, 9.17) is 4.74 Å². The highest BCUT2D eigenvalue weighted by Gasteiger charge is 2.28. The predicted molar refractivity (Wildman–Crippen MR) is 47.5 cm³/mol. The quantitative estimate of drug-likeness (QED) is 0.562. The summed E-state index contributed by atoms with van der Waals surface area (Å²) in [4.78, 5) is 10.7. The normalized spacial score (nSPS) is 21.4. The summed E-state index contributed by atoms with van der Waals surface area (Å²) in [6, 6.07) is 0. The molecule has 0 spiro atoms. The highest BCUT2D eigenvalue weighted by molar-refractivity contribution is 5.67. The molecule has 1 aliphatic rings. The van der Waals surface area contributed by atoms with Gasteiger partial charge < -0.3 is 4.74 Å². The van der Waals surface area contributed by atoms with Gasteiger partial charge in [-0.15, -0.1) is 0 Å². The molecule has 68 valence electrons. The second-order valence-electron chi connectivity index (χ2n) is 3.94. The maximum Gasteiger partial charge on any atom is 0.307 e. The molecule has 0 fully saturated rings. The van der Waals surface area contributed by atoms with Crippen molar-refractivity contribution in [3.63, 3.8) is 0 Å². The van der Waals surface area contributed by atoms with Crippen LogP contribution in [0, 0.1) is 5.41 Å². The maximum atomic E-state index is 10.7. The van der Waals surface area contributed by atoms with Crippen LogP contribution in [0.2, 0.25) is 0 Å². The first-order valence-electron chi connectivity index (χ1n) is 4.41. The summed E-state index contributed by atoms with van der Waals surface area (Å²) in [6.07, 6.45) is 5.36. The van der Waals surface area contributed by atoms with E-state index in [0.29, 0.717) is 0 Å². The van der Waals surface area contributed by atoms with Crippen LogP contribution in [-0.2, 0) is 9.53 Å². The van der Waals surface area contributed by atoms with Gasteiger partial charge in [0, 0.05) is 12.3 Å². The van der Waals surface area contributed by atoms with Gasteiger partial charge in [0.25, 0.3) is 0 Å². The van der Waals surface area contributed by atoms with Crippen LogP contribution in [0.5, 0.6) is 0 Å². The van der Waals surface area contributed by atoms with Gasteiger partial charge >= 0.3 is 5.97 Å². The fourth-order valence-electron chi connectivity index (χ4n) is 1.51. The number of hydrogen-bond acceptors (Lipinski definition) is 2. The lowest BCUT2D eigenvalue weighted by molar-refractivity contribution is -0.138. The molecule has 2 heteroatoms. The Labute approximate surface area is 73.6 Å². The second-order valence-corrected chi connectivity index (χ2v) is 3.94. The molecule has 0 unspecified atom stereocenters. The van der Waals surface area contributed by atoms with Crippen molar-refractivity contribution in [2.45, 2.75) is 40.0 Å². The minimum absolute atomic E-state index is 0.0456. The number of carbonyl (C=O) groups is 1. The zero-order chi connectivity index (χ0) is 9.19. The summed E-state index contributed by atoms with van der Waals surface area (Å²) in [5.74, 6) is 0.637. The Morgan fingerprint density at radius 2 is 2.25 bits per heavy atom. The van der Waals surface area contributed by atoms with E-state index in [0.717, 1.165) is 18.6 Å². The van der Waals surface area contributed by atoms with Gasteiger partial charge in [-0.2, -0.15) is 0 Å². The molecule has 0 radical (unpaired) electrons. The summed E-state index contributed by atoms with van der Waals surface area (Å²) in [6.45, 7) is 5.67. The fourth-order valence-corrected chi connectivity index (χ4v) is 1.51. The largest absolute Gasteiger partial charge is 0.431 e. The predicted octanol–water partition coefficient (Wildman–Crippen LogP) is 2.64. The highest BCUT2D eigenvalue weighted by atomic mass is 16.5. The minimum Gasteiger partial charge on any atom is -0.431 e. The Kier molecular flexibility index (Phi) is 2.55. The van der Waals surface area contributed by atoms with Crippen molar-refractivity contribution in [3.05, 3.63) is 11.8 Å². The van der Waals surface area contributed by atoms with Gasteiger partial charge in [0.2, 0.25) is 0 Å². The standard InChI is InChI=1S/C10H16O2/c1-8(11)12-9-6-4-5-7-10(9,2)3/h6H,4-5,7H2,1-3H3. The summed E-state index contributed by atoms with van der Waals surface area (Å²) in [5.41, 5.74) is 0.0456. The number of rotatable bonds is 1. The van der Waals surface area contributed by atoms with E-state index in [-0.39, 0.29) is 11.4 Å². The Morgan fingerprint density at radius 1 is 1.58 bits per heavy atom. The van der Waals surface area contributed by atoms with Crippen LogP contribution in [0.25, 0.3) is 0 Å². The maximum absolute atomic E-state index is 10.7. The molecule has 0 saturated heterocycles. The average Bonchev–Trinajstić information content (AvgIpc) is 1.92. The van der Waals surface area contributed by atoms with Crippen molar-refractivity contribution < 1.29 is 9.53 Å². The second kappa shape index (κ2) is 3.30. The summed E-state index contributed by atoms with van der Waals surface area (Å²) in [7, 11) is 0. The van der Waals surface area contributed by atoms with Gasteiger partial charge in [0.15, 0.2) is 0 Å². The minimum atomic E-state index is -0.212. The van der Waals surface area contributed by atoms with Gasteiger partial charge in [-0.3, -0.25) is 4.79 Å². The first-order valence-corrected chi connectivity index (χ1v) is 4.41. The van der Waals surface area contributed by atoms with Crippen LogP contribution in [0.1, 0.15) is 40.0 Å². The average molecular weight is 168 g/mol. The van der Waals surface area contributed by atoms with Gasteiger partial charge in [-0.05, 0) is 25.3 Å². The highest BCUT2D eigenvalue weighted by Crippen LogP contribution is 2.36. The summed E-state index contributed by atoms with van der Waals surface area (Å²) < 4.78 is 5.13. The smallest absolute Gasteiger partial charge is 0.307 e. The molecule has 1 aliphatic carbocycles. The van der Waals surface area contributed by atoms with Crippen LogP contribution < -0.4 is 0 Å². The number of hydrogen-bond donors (Lipinski definition) is 0. The fraction of sp³-hybridized carbons (Fsp3) is 0.700. The summed E-state index contributed by atoms with van der Waals surface area (Å²) >= 11 is 0. The molecule has 0 aliphatic heterocycles. The Morgan fingerprint density at radius 3 is 2.75 bits per heavy atom. The zero-order valence-electron chi connectivity index (χ0n) is 8.02. The van der Waals surface area contributed by atoms with Crippen LogP contribution >= 0.6 is 0 Å². The van der Waals surface area contributed by atoms with Crippen LogP contribution in [0.4, 0.5) is 0 Å². The van der Waals surface area contributed by atoms with E-state index >= 15 is 0 Å². The number of ether oxygens (including phenoxy) is 1. The summed E-state index contributed by atoms with van der Waals surface area (Å²) in [5, 5.41) is 0. The molecule has 12 heavy (non-hydrogen) atoms. The SMILES string of the molecule is CC(=O)OC1=CCCCC1(C)C. The van der Waals surface area contributed by atoms with Gasteiger partial charge in [-0.1, -0.05) is 13.8 Å². The third-order valence-electron chi connectivity index (χ3n) is 2.26. The molecular weight excluding hydrogens is 152 g/mol. The van der Waals surface area contributed by atoms with Crippen molar-refractivity contribution in [1.29, 1.82) is 0 Å². The van der Waals surface area contributed by atoms with Crippen molar-refractivity contribution in [3.8, 4) is 0 Å². The van der Waals surface area contributed by atoms with E-state index in [1.165, 1.54) is 13.3 Å². The van der Waals surface area contributed by atoms with Crippen molar-refractivity contribution >= 4 is 5.97 Å². The van der Waals surface area contributed by atoms with Gasteiger partial charge in [0.05, 0.1) is 0 Å². The zero-order valence-corrected chi connectivity index (χ0v) is 8.02. The lowest BCUT2D eigenvalue weighted by Gasteiger charge is -2.29. The first kappa shape index (κ1) is 9.30. The van der Waals surface area contributed by atoms with E-state index in [9.17, 15) is 4.79 Å². The van der Waals surface area contributed by atoms with Crippen molar-refractivity contribution in [2.24, 2.45) is 5.41 Å². The molecule has 0 aromatic heterocycles. The van der Waals surface area contributed by atoms with Gasteiger partial charge in [0.1, 0.15) is 5.76 Å². The van der Waals surface area contributed by atoms with E-state index < -0.39 is 0 Å². The van der Waals surface area contributed by atoms with Gasteiger partial charge in [-0.25, -0.2) is 0 Å². The molecule has 0 aromatic rings. The lowest BCUT2D eigenvalue weighted by atomic mass is 9.81. The first-order chi connectivity index (χ1) is 5.52. The molecule has 0 saturated carbocycles. The Balaban J connectivity index is 2.71. The van der Waals surface area contributed by atoms with Crippen molar-refractivity contribution in [1.82, 2.24) is 0 Å². The third-order valence-corrected chi connectivity index (χ3v) is 2.26.